The predicted molar refractivity (Wildman–Crippen MR) is 73.3 cm³/mol. The number of rotatable bonds is 5. The van der Waals surface area contributed by atoms with Crippen LogP contribution >= 0.6 is 11.3 Å². The Hall–Kier alpha value is -1.09. The van der Waals surface area contributed by atoms with Crippen LogP contribution < -0.4 is 0 Å². The van der Waals surface area contributed by atoms with Gasteiger partial charge in [0.1, 0.15) is 0 Å². The average molecular weight is 252 g/mol. The second-order valence-corrected chi connectivity index (χ2v) is 5.64. The predicted octanol–water partition coefficient (Wildman–Crippen LogP) is 4.01. The van der Waals surface area contributed by atoms with Crippen LogP contribution in [0.3, 0.4) is 0 Å². The van der Waals surface area contributed by atoms with Crippen LogP contribution in [0, 0.1) is 0 Å². The summed E-state index contributed by atoms with van der Waals surface area (Å²) >= 11 is 1.73. The summed E-state index contributed by atoms with van der Waals surface area (Å²) in [5, 5.41) is 0. The minimum Gasteiger partial charge on any atom is -0.463 e. The van der Waals surface area contributed by atoms with Crippen LogP contribution in [0.1, 0.15) is 43.9 Å². The van der Waals surface area contributed by atoms with Gasteiger partial charge in [-0.3, -0.25) is 0 Å². The lowest BCUT2D eigenvalue weighted by molar-refractivity contribution is -0.137. The summed E-state index contributed by atoms with van der Waals surface area (Å²) in [7, 11) is 0. The van der Waals surface area contributed by atoms with E-state index in [1.807, 2.05) is 12.1 Å². The molecule has 0 radical (unpaired) electrons. The van der Waals surface area contributed by atoms with Crippen molar-refractivity contribution in [2.75, 3.05) is 6.61 Å². The fourth-order valence-electron chi connectivity index (χ4n) is 1.32. The Balaban J connectivity index is 2.72. The van der Waals surface area contributed by atoms with Crippen molar-refractivity contribution < 1.29 is 9.53 Å². The fraction of sp³-hybridized carbons (Fsp3) is 0.500. The quantitative estimate of drug-likeness (QED) is 0.584. The first-order valence-electron chi connectivity index (χ1n) is 5.94. The third kappa shape index (κ3) is 4.00. The van der Waals surface area contributed by atoms with Gasteiger partial charge in [-0.2, -0.15) is 0 Å². The van der Waals surface area contributed by atoms with E-state index in [0.717, 1.165) is 11.3 Å². The SMILES string of the molecule is CCOC(=O)C=Cc1ccc(C(C)(C)CC)s1. The number of esters is 1. The van der Waals surface area contributed by atoms with E-state index < -0.39 is 0 Å². The monoisotopic (exact) mass is 252 g/mol. The topological polar surface area (TPSA) is 26.3 Å². The van der Waals surface area contributed by atoms with E-state index >= 15 is 0 Å². The highest BCUT2D eigenvalue weighted by molar-refractivity contribution is 7.13. The number of hydrogen-bond donors (Lipinski definition) is 0. The highest BCUT2D eigenvalue weighted by Gasteiger charge is 2.19. The van der Waals surface area contributed by atoms with Crippen LogP contribution in [-0.2, 0) is 14.9 Å². The summed E-state index contributed by atoms with van der Waals surface area (Å²) in [6.07, 6.45) is 4.41. The van der Waals surface area contributed by atoms with Gasteiger partial charge in [0.25, 0.3) is 0 Å². The Bertz CT molecular complexity index is 402. The Morgan fingerprint density at radius 3 is 2.71 bits per heavy atom. The molecule has 94 valence electrons. The summed E-state index contributed by atoms with van der Waals surface area (Å²) in [6, 6.07) is 4.19. The van der Waals surface area contributed by atoms with Crippen molar-refractivity contribution in [3.8, 4) is 0 Å². The molecule has 1 heterocycles. The Kier molecular flexibility index (Phi) is 4.94. The number of ether oxygens (including phenoxy) is 1. The van der Waals surface area contributed by atoms with Gasteiger partial charge in [0.15, 0.2) is 0 Å². The maximum Gasteiger partial charge on any atom is 0.330 e. The van der Waals surface area contributed by atoms with Crippen LogP contribution in [0.15, 0.2) is 18.2 Å². The van der Waals surface area contributed by atoms with Crippen LogP contribution in [0.4, 0.5) is 0 Å². The molecule has 0 aliphatic heterocycles. The zero-order valence-corrected chi connectivity index (χ0v) is 11.8. The van der Waals surface area contributed by atoms with Crippen LogP contribution in [-0.4, -0.2) is 12.6 Å². The van der Waals surface area contributed by atoms with Gasteiger partial charge in [0.2, 0.25) is 0 Å². The molecular formula is C14H20O2S. The number of carbonyl (C=O) groups excluding carboxylic acids is 1. The molecule has 0 saturated heterocycles. The minimum atomic E-state index is -0.280. The Morgan fingerprint density at radius 1 is 1.41 bits per heavy atom. The molecule has 2 nitrogen and oxygen atoms in total. The van der Waals surface area contributed by atoms with Gasteiger partial charge in [-0.05, 0) is 37.0 Å². The van der Waals surface area contributed by atoms with Crippen LogP contribution in [0.25, 0.3) is 6.08 Å². The highest BCUT2D eigenvalue weighted by atomic mass is 32.1. The van der Waals surface area contributed by atoms with E-state index in [1.165, 1.54) is 11.0 Å². The standard InChI is InChI=1S/C14H20O2S/c1-5-14(3,4)12-9-7-11(17-12)8-10-13(15)16-6-2/h7-10H,5-6H2,1-4H3. The zero-order valence-electron chi connectivity index (χ0n) is 10.9. The molecule has 0 amide bonds. The van der Waals surface area contributed by atoms with Crippen molar-refractivity contribution in [1.29, 1.82) is 0 Å². The third-order valence-electron chi connectivity index (χ3n) is 2.85. The van der Waals surface area contributed by atoms with Crippen molar-refractivity contribution in [2.24, 2.45) is 0 Å². The van der Waals surface area contributed by atoms with Crippen LogP contribution in [0.5, 0.6) is 0 Å². The normalized spacial score (nSPS) is 12.0. The molecule has 1 aromatic heterocycles. The third-order valence-corrected chi connectivity index (χ3v) is 4.26. The summed E-state index contributed by atoms with van der Waals surface area (Å²) in [4.78, 5) is 13.6. The van der Waals surface area contributed by atoms with E-state index in [2.05, 4.69) is 26.8 Å². The molecule has 0 aromatic carbocycles. The average Bonchev–Trinajstić information content (AvgIpc) is 2.76. The van der Waals surface area contributed by atoms with E-state index in [0.29, 0.717) is 6.61 Å². The lowest BCUT2D eigenvalue weighted by Crippen LogP contribution is -2.12. The Morgan fingerprint density at radius 2 is 2.12 bits per heavy atom. The van der Waals surface area contributed by atoms with Crippen molar-refractivity contribution in [1.82, 2.24) is 0 Å². The van der Waals surface area contributed by atoms with E-state index in [1.54, 1.807) is 18.3 Å². The lowest BCUT2D eigenvalue weighted by atomic mass is 9.89. The molecule has 3 heteroatoms. The molecule has 0 aliphatic carbocycles. The van der Waals surface area contributed by atoms with Gasteiger partial charge in [0.05, 0.1) is 6.61 Å². The lowest BCUT2D eigenvalue weighted by Gasteiger charge is -2.20. The number of thiophene rings is 1. The van der Waals surface area contributed by atoms with Crippen molar-refractivity contribution in [3.63, 3.8) is 0 Å². The van der Waals surface area contributed by atoms with E-state index in [-0.39, 0.29) is 11.4 Å². The number of carbonyl (C=O) groups is 1. The highest BCUT2D eigenvalue weighted by Crippen LogP contribution is 2.32. The van der Waals surface area contributed by atoms with Crippen molar-refractivity contribution in [2.45, 2.75) is 39.5 Å². The molecule has 1 rings (SSSR count). The van der Waals surface area contributed by atoms with Gasteiger partial charge in [-0.1, -0.05) is 20.8 Å². The van der Waals surface area contributed by atoms with Gasteiger partial charge in [-0.25, -0.2) is 4.79 Å². The first-order valence-corrected chi connectivity index (χ1v) is 6.76. The molecule has 0 saturated carbocycles. The first kappa shape index (κ1) is 14.0. The molecule has 0 unspecified atom stereocenters. The van der Waals surface area contributed by atoms with E-state index in [4.69, 9.17) is 4.74 Å². The maximum absolute atomic E-state index is 11.2. The smallest absolute Gasteiger partial charge is 0.330 e. The van der Waals surface area contributed by atoms with Crippen LogP contribution in [0.2, 0.25) is 0 Å². The zero-order chi connectivity index (χ0) is 12.9. The molecule has 0 aliphatic rings. The molecular weight excluding hydrogens is 232 g/mol. The number of hydrogen-bond acceptors (Lipinski definition) is 3. The first-order chi connectivity index (χ1) is 7.99. The summed E-state index contributed by atoms with van der Waals surface area (Å²) in [6.45, 7) is 8.88. The maximum atomic E-state index is 11.2. The van der Waals surface area contributed by atoms with Gasteiger partial charge < -0.3 is 4.74 Å². The molecule has 0 atom stereocenters. The van der Waals surface area contributed by atoms with Gasteiger partial charge in [0, 0.05) is 15.8 Å². The molecule has 1 aromatic rings. The van der Waals surface area contributed by atoms with E-state index in [9.17, 15) is 4.79 Å². The summed E-state index contributed by atoms with van der Waals surface area (Å²) < 4.78 is 4.84. The van der Waals surface area contributed by atoms with Crippen molar-refractivity contribution >= 4 is 23.4 Å². The molecule has 0 bridgehead atoms. The van der Waals surface area contributed by atoms with Gasteiger partial charge >= 0.3 is 5.97 Å². The fourth-order valence-corrected chi connectivity index (χ4v) is 2.40. The summed E-state index contributed by atoms with van der Waals surface area (Å²) in [5.41, 5.74) is 0.209. The molecule has 0 spiro atoms. The Labute approximate surface area is 107 Å². The summed E-state index contributed by atoms with van der Waals surface area (Å²) in [5.74, 6) is -0.280. The largest absolute Gasteiger partial charge is 0.463 e. The second-order valence-electron chi connectivity index (χ2n) is 4.52. The second kappa shape index (κ2) is 6.01. The minimum absolute atomic E-state index is 0.209. The van der Waals surface area contributed by atoms with Gasteiger partial charge in [-0.15, -0.1) is 11.3 Å². The molecule has 17 heavy (non-hydrogen) atoms. The molecule has 0 fully saturated rings. The molecule has 0 N–H and O–H groups in total. The van der Waals surface area contributed by atoms with Crippen molar-refractivity contribution in [3.05, 3.63) is 28.0 Å².